The molecule has 41 heavy (non-hydrogen) atoms. The lowest BCUT2D eigenvalue weighted by Gasteiger charge is -2.35. The summed E-state index contributed by atoms with van der Waals surface area (Å²) in [5, 5.41) is 14.5. The molecule has 0 bridgehead atoms. The molecule has 2 aromatic rings. The van der Waals surface area contributed by atoms with Crippen LogP contribution < -0.4 is 10.1 Å². The molecule has 1 aliphatic carbocycles. The number of amides is 1. The third-order valence-electron chi connectivity index (χ3n) is 9.31. The van der Waals surface area contributed by atoms with Crippen molar-refractivity contribution >= 4 is 11.9 Å². The maximum atomic E-state index is 14.4. The van der Waals surface area contributed by atoms with Gasteiger partial charge >= 0.3 is 5.97 Å². The van der Waals surface area contributed by atoms with Crippen molar-refractivity contribution in [1.29, 1.82) is 0 Å². The Bertz CT molecular complexity index is 1240. The molecule has 6 nitrogen and oxygen atoms in total. The molecule has 2 N–H and O–H groups in total. The number of rotatable bonds is 7. The highest BCUT2D eigenvalue weighted by Gasteiger charge is 2.59. The van der Waals surface area contributed by atoms with Crippen LogP contribution in [0.5, 0.6) is 5.75 Å². The van der Waals surface area contributed by atoms with E-state index in [4.69, 9.17) is 4.74 Å². The van der Waals surface area contributed by atoms with Gasteiger partial charge in [0.05, 0.1) is 13.2 Å². The zero-order valence-corrected chi connectivity index (χ0v) is 26.5. The highest BCUT2D eigenvalue weighted by molar-refractivity contribution is 5.87. The van der Waals surface area contributed by atoms with Crippen LogP contribution in [0, 0.1) is 22.7 Å². The molecular weight excluding hydrogens is 512 g/mol. The van der Waals surface area contributed by atoms with Crippen molar-refractivity contribution in [2.24, 2.45) is 22.7 Å². The number of carbonyl (C=O) groups is 2. The summed E-state index contributed by atoms with van der Waals surface area (Å²) in [6, 6.07) is 14.7. The van der Waals surface area contributed by atoms with Gasteiger partial charge in [0, 0.05) is 30.0 Å². The second kappa shape index (κ2) is 11.4. The van der Waals surface area contributed by atoms with Gasteiger partial charge in [0.2, 0.25) is 5.91 Å². The number of hydrogen-bond donors (Lipinski definition) is 2. The van der Waals surface area contributed by atoms with Crippen LogP contribution >= 0.6 is 0 Å². The second-order valence-corrected chi connectivity index (χ2v) is 15.1. The summed E-state index contributed by atoms with van der Waals surface area (Å²) >= 11 is 0. The predicted octanol–water partition coefficient (Wildman–Crippen LogP) is 6.98. The van der Waals surface area contributed by atoms with Gasteiger partial charge in [-0.05, 0) is 52.7 Å². The Morgan fingerprint density at radius 1 is 1.05 bits per heavy atom. The summed E-state index contributed by atoms with van der Waals surface area (Å²) in [7, 11) is 1.68. The molecule has 0 radical (unpaired) electrons. The number of hydrogen-bond acceptors (Lipinski definition) is 4. The Morgan fingerprint density at radius 2 is 1.71 bits per heavy atom. The van der Waals surface area contributed by atoms with Crippen molar-refractivity contribution in [3.05, 3.63) is 65.2 Å². The first-order valence-electron chi connectivity index (χ1n) is 15.1. The van der Waals surface area contributed by atoms with Crippen molar-refractivity contribution in [2.45, 2.75) is 105 Å². The molecule has 0 spiro atoms. The van der Waals surface area contributed by atoms with Gasteiger partial charge in [-0.15, -0.1) is 0 Å². The molecule has 2 aromatic carbocycles. The van der Waals surface area contributed by atoms with E-state index in [0.29, 0.717) is 6.54 Å². The van der Waals surface area contributed by atoms with E-state index in [1.807, 2.05) is 36.4 Å². The first-order valence-corrected chi connectivity index (χ1v) is 15.1. The van der Waals surface area contributed by atoms with Crippen LogP contribution in [0.15, 0.2) is 48.5 Å². The highest BCUT2D eigenvalue weighted by atomic mass is 16.5. The Morgan fingerprint density at radius 3 is 2.22 bits per heavy atom. The Balaban J connectivity index is 1.81. The monoisotopic (exact) mass is 562 g/mol. The minimum Gasteiger partial charge on any atom is -0.496 e. The van der Waals surface area contributed by atoms with Crippen LogP contribution in [0.1, 0.15) is 97.4 Å². The lowest BCUT2D eigenvalue weighted by molar-refractivity contribution is -0.154. The molecule has 4 rings (SSSR count). The van der Waals surface area contributed by atoms with Gasteiger partial charge in [0.15, 0.2) is 0 Å². The van der Waals surface area contributed by atoms with Gasteiger partial charge in [0.1, 0.15) is 11.8 Å². The maximum Gasteiger partial charge on any atom is 0.326 e. The predicted molar refractivity (Wildman–Crippen MR) is 164 cm³/mol. The summed E-state index contributed by atoms with van der Waals surface area (Å²) in [5.74, 6) is -0.653. The van der Waals surface area contributed by atoms with E-state index in [1.165, 1.54) is 5.56 Å². The van der Waals surface area contributed by atoms with Crippen LogP contribution in [0.4, 0.5) is 0 Å². The average Bonchev–Trinajstić information content (AvgIpc) is 3.44. The number of likely N-dealkylation sites (tertiary alicyclic amines) is 1. The fraction of sp³-hybridized carbons (Fsp3) is 0.600. The maximum absolute atomic E-state index is 14.4. The smallest absolute Gasteiger partial charge is 0.326 e. The van der Waals surface area contributed by atoms with Crippen molar-refractivity contribution in [2.75, 3.05) is 7.11 Å². The van der Waals surface area contributed by atoms with E-state index in [-0.39, 0.29) is 40.0 Å². The fourth-order valence-corrected chi connectivity index (χ4v) is 7.20. The molecule has 1 aliphatic heterocycles. The van der Waals surface area contributed by atoms with Crippen molar-refractivity contribution in [1.82, 2.24) is 10.2 Å². The van der Waals surface area contributed by atoms with E-state index in [0.717, 1.165) is 36.1 Å². The number of methoxy groups -OCH3 is 1. The number of benzene rings is 2. The fourth-order valence-electron chi connectivity index (χ4n) is 7.20. The number of nitrogens with zero attached hydrogens (tertiary/aromatic N) is 1. The first-order chi connectivity index (χ1) is 19.0. The molecule has 1 unspecified atom stereocenters. The number of carboxylic acids is 1. The van der Waals surface area contributed by atoms with E-state index in [9.17, 15) is 14.7 Å². The van der Waals surface area contributed by atoms with Gasteiger partial charge in [-0.1, -0.05) is 97.9 Å². The number of nitrogens with one attached hydrogen (secondary N) is 1. The quantitative estimate of drug-likeness (QED) is 0.381. The number of carboxylic acid groups (broad SMARTS) is 1. The molecule has 6 heteroatoms. The molecule has 1 saturated carbocycles. The van der Waals surface area contributed by atoms with Gasteiger partial charge in [-0.3, -0.25) is 4.79 Å². The third kappa shape index (κ3) is 6.48. The number of aliphatic carboxylic acids is 1. The van der Waals surface area contributed by atoms with Gasteiger partial charge in [-0.25, -0.2) is 4.79 Å². The summed E-state index contributed by atoms with van der Waals surface area (Å²) in [6.07, 6.45) is 2.55. The molecule has 2 aliphatic rings. The third-order valence-corrected chi connectivity index (χ3v) is 9.31. The molecule has 0 aromatic heterocycles. The number of carbonyl (C=O) groups excluding carboxylic acids is 1. The average molecular weight is 563 g/mol. The van der Waals surface area contributed by atoms with Crippen molar-refractivity contribution in [3.8, 4) is 5.75 Å². The lowest BCUT2D eigenvalue weighted by Crippen LogP contribution is -2.49. The minimum atomic E-state index is -0.937. The van der Waals surface area contributed by atoms with Crippen LogP contribution in [0.3, 0.4) is 0 Å². The topological polar surface area (TPSA) is 78.9 Å². The zero-order valence-electron chi connectivity index (χ0n) is 26.5. The first kappa shape index (κ1) is 31.1. The molecule has 224 valence electrons. The van der Waals surface area contributed by atoms with E-state index in [1.54, 1.807) is 12.0 Å². The Hall–Kier alpha value is -2.86. The molecular formula is C35H50N2O4. The Kier molecular flexibility index (Phi) is 8.67. The molecule has 5 atom stereocenters. The summed E-state index contributed by atoms with van der Waals surface area (Å²) in [4.78, 5) is 29.3. The van der Waals surface area contributed by atoms with Gasteiger partial charge in [-0.2, -0.15) is 0 Å². The van der Waals surface area contributed by atoms with Gasteiger partial charge in [0.25, 0.3) is 0 Å². The lowest BCUT2D eigenvalue weighted by atomic mass is 9.72. The van der Waals surface area contributed by atoms with E-state index < -0.39 is 18.1 Å². The van der Waals surface area contributed by atoms with Crippen LogP contribution in [-0.2, 0) is 21.5 Å². The van der Waals surface area contributed by atoms with E-state index >= 15 is 0 Å². The highest BCUT2D eigenvalue weighted by Crippen LogP contribution is 2.51. The summed E-state index contributed by atoms with van der Waals surface area (Å²) in [5.41, 5.74) is 2.86. The molecule has 1 amide bonds. The van der Waals surface area contributed by atoms with E-state index in [2.05, 4.69) is 72.8 Å². The van der Waals surface area contributed by atoms with Crippen molar-refractivity contribution < 1.29 is 19.4 Å². The van der Waals surface area contributed by atoms with Crippen LogP contribution in [-0.4, -0.2) is 41.1 Å². The zero-order chi connectivity index (χ0) is 30.3. The molecule has 2 fully saturated rings. The normalized spacial score (nSPS) is 26.3. The standard InChI is InChI=1S/C35H50N2O4/c1-33(2,3)25-15-16-26(41-9)24(19-25)21-36-28-27(34(4,5)6)30(32(39)40)37(29(28)22-13-11-10-12-14-22)31(38)23-17-18-35(7,8)20-23/h10-16,19,23,27-30,36H,17-18,20-21H2,1-9H3,(H,39,40)/t23?,27-,28-,29-,30-/m0/s1. The minimum absolute atomic E-state index is 0.0253. The summed E-state index contributed by atoms with van der Waals surface area (Å²) in [6.45, 7) is 17.8. The van der Waals surface area contributed by atoms with Gasteiger partial charge < -0.3 is 20.1 Å². The van der Waals surface area contributed by atoms with Crippen LogP contribution in [0.2, 0.25) is 0 Å². The SMILES string of the molecule is COc1ccc(C(C)(C)C)cc1CN[C@H]1[C@H](C(C)(C)C)[C@@H](C(=O)O)N(C(=O)C2CCC(C)(C)C2)[C@H]1c1ccccc1. The second-order valence-electron chi connectivity index (χ2n) is 15.1. The molecule has 1 saturated heterocycles. The summed E-state index contributed by atoms with van der Waals surface area (Å²) < 4.78 is 5.74. The molecule has 1 heterocycles. The number of ether oxygens (including phenoxy) is 1. The van der Waals surface area contributed by atoms with Crippen molar-refractivity contribution in [3.63, 3.8) is 0 Å². The largest absolute Gasteiger partial charge is 0.496 e. The Labute approximate surface area is 246 Å². The van der Waals surface area contributed by atoms with Crippen LogP contribution in [0.25, 0.3) is 0 Å².